The van der Waals surface area contributed by atoms with Crippen molar-refractivity contribution in [1.29, 1.82) is 0 Å². The molecule has 1 atom stereocenters. The Kier molecular flexibility index (Phi) is 7.97. The topological polar surface area (TPSA) is 154 Å². The lowest BCUT2D eigenvalue weighted by atomic mass is 10.1. The summed E-state index contributed by atoms with van der Waals surface area (Å²) in [5.74, 6) is 0.0376. The second-order valence-corrected chi connectivity index (χ2v) is 10.3. The number of carbonyl (C=O) groups is 1. The van der Waals surface area contributed by atoms with Crippen molar-refractivity contribution in [3.05, 3.63) is 71.5 Å². The Morgan fingerprint density at radius 3 is 2.41 bits per heavy atom. The molecular formula is C22H29N7O4S. The van der Waals surface area contributed by atoms with Gasteiger partial charge in [0.05, 0.1) is 31.6 Å². The van der Waals surface area contributed by atoms with E-state index >= 15 is 0 Å². The number of rotatable bonds is 11. The van der Waals surface area contributed by atoms with Crippen LogP contribution in [0.3, 0.4) is 0 Å². The smallest absolute Gasteiger partial charge is 0.240 e. The van der Waals surface area contributed by atoms with Gasteiger partial charge in [0.2, 0.25) is 15.9 Å². The number of hydrogen-bond donors (Lipinski definition) is 3. The second-order valence-electron chi connectivity index (χ2n) is 8.51. The first-order chi connectivity index (χ1) is 16.0. The highest BCUT2D eigenvalue weighted by atomic mass is 32.2. The fourth-order valence-electron chi connectivity index (χ4n) is 3.03. The third kappa shape index (κ3) is 7.61. The van der Waals surface area contributed by atoms with E-state index in [0.717, 1.165) is 17.4 Å². The molecule has 3 rings (SSSR count). The number of anilines is 1. The fourth-order valence-corrected chi connectivity index (χ4v) is 3.60. The number of nitrogens with zero attached hydrogens (tertiary/aromatic N) is 4. The van der Waals surface area contributed by atoms with Crippen molar-refractivity contribution >= 4 is 21.6 Å². The van der Waals surface area contributed by atoms with Crippen LogP contribution < -0.4 is 15.8 Å². The number of nitrogens with one attached hydrogen (secondary N) is 2. The van der Waals surface area contributed by atoms with E-state index in [2.05, 4.69) is 25.6 Å². The SMILES string of the molecule is CC(C)(N)C(=O)N[C@H](COCc1ccccc1)c1nnnn1Cc1ccc(NS(C)(=O)=O)cc1. The van der Waals surface area contributed by atoms with Gasteiger partial charge < -0.3 is 15.8 Å². The lowest BCUT2D eigenvalue weighted by Crippen LogP contribution is -2.51. The first-order valence-electron chi connectivity index (χ1n) is 10.6. The Bertz CT molecular complexity index is 1190. The molecule has 0 aliphatic carbocycles. The average Bonchev–Trinajstić information content (AvgIpc) is 3.21. The van der Waals surface area contributed by atoms with Crippen LogP contribution in [0.2, 0.25) is 0 Å². The summed E-state index contributed by atoms with van der Waals surface area (Å²) in [6.07, 6.45) is 1.09. The largest absolute Gasteiger partial charge is 0.374 e. The molecule has 11 nitrogen and oxygen atoms in total. The number of ether oxygens (including phenoxy) is 1. The van der Waals surface area contributed by atoms with E-state index in [1.807, 2.05) is 30.3 Å². The van der Waals surface area contributed by atoms with Crippen LogP contribution in [0.1, 0.15) is 36.8 Å². The molecule has 4 N–H and O–H groups in total. The Balaban J connectivity index is 1.75. The van der Waals surface area contributed by atoms with Gasteiger partial charge >= 0.3 is 0 Å². The van der Waals surface area contributed by atoms with E-state index in [0.29, 0.717) is 24.7 Å². The molecule has 1 heterocycles. The third-order valence-corrected chi connectivity index (χ3v) is 5.35. The molecule has 34 heavy (non-hydrogen) atoms. The zero-order valence-corrected chi connectivity index (χ0v) is 20.1. The maximum atomic E-state index is 12.6. The van der Waals surface area contributed by atoms with Crippen LogP contribution >= 0.6 is 0 Å². The van der Waals surface area contributed by atoms with Crippen molar-refractivity contribution in [2.45, 2.75) is 38.6 Å². The summed E-state index contributed by atoms with van der Waals surface area (Å²) in [5.41, 5.74) is 7.14. The molecule has 0 radical (unpaired) electrons. The molecule has 1 aromatic heterocycles. The maximum absolute atomic E-state index is 12.6. The lowest BCUT2D eigenvalue weighted by molar-refractivity contribution is -0.126. The van der Waals surface area contributed by atoms with Crippen molar-refractivity contribution in [3.8, 4) is 0 Å². The Morgan fingerprint density at radius 2 is 1.79 bits per heavy atom. The third-order valence-electron chi connectivity index (χ3n) is 4.75. The maximum Gasteiger partial charge on any atom is 0.240 e. The van der Waals surface area contributed by atoms with E-state index in [1.165, 1.54) is 0 Å². The Hall–Kier alpha value is -3.35. The second kappa shape index (κ2) is 10.7. The summed E-state index contributed by atoms with van der Waals surface area (Å²) in [5, 5.41) is 14.8. The van der Waals surface area contributed by atoms with Gasteiger partial charge in [-0.1, -0.05) is 42.5 Å². The zero-order chi connectivity index (χ0) is 24.8. The van der Waals surface area contributed by atoms with Gasteiger partial charge in [0.15, 0.2) is 5.82 Å². The van der Waals surface area contributed by atoms with Gasteiger partial charge in [0, 0.05) is 5.69 Å². The van der Waals surface area contributed by atoms with E-state index in [1.54, 1.807) is 42.8 Å². The molecule has 2 aromatic carbocycles. The van der Waals surface area contributed by atoms with Crippen LogP contribution in [0.15, 0.2) is 54.6 Å². The molecule has 0 saturated carbocycles. The summed E-state index contributed by atoms with van der Waals surface area (Å²) in [6.45, 7) is 4.01. The van der Waals surface area contributed by atoms with Gasteiger partial charge in [0.25, 0.3) is 0 Å². The van der Waals surface area contributed by atoms with E-state index in [-0.39, 0.29) is 12.5 Å². The molecule has 0 saturated heterocycles. The van der Waals surface area contributed by atoms with Gasteiger partial charge in [-0.2, -0.15) is 0 Å². The molecule has 0 aliphatic heterocycles. The van der Waals surface area contributed by atoms with E-state index in [9.17, 15) is 13.2 Å². The number of amides is 1. The Morgan fingerprint density at radius 1 is 1.12 bits per heavy atom. The predicted molar refractivity (Wildman–Crippen MR) is 127 cm³/mol. The van der Waals surface area contributed by atoms with Crippen LogP contribution in [0.25, 0.3) is 0 Å². The Labute approximate surface area is 198 Å². The van der Waals surface area contributed by atoms with Crippen molar-refractivity contribution < 1.29 is 17.9 Å². The van der Waals surface area contributed by atoms with Crippen molar-refractivity contribution in [1.82, 2.24) is 25.5 Å². The van der Waals surface area contributed by atoms with Gasteiger partial charge in [0.1, 0.15) is 6.04 Å². The van der Waals surface area contributed by atoms with Crippen molar-refractivity contribution in [2.24, 2.45) is 5.73 Å². The summed E-state index contributed by atoms with van der Waals surface area (Å²) in [6, 6.07) is 15.9. The van der Waals surface area contributed by atoms with Crippen molar-refractivity contribution in [2.75, 3.05) is 17.6 Å². The number of nitrogens with two attached hydrogens (primary N) is 1. The monoisotopic (exact) mass is 487 g/mol. The minimum Gasteiger partial charge on any atom is -0.374 e. The minimum absolute atomic E-state index is 0.133. The zero-order valence-electron chi connectivity index (χ0n) is 19.3. The molecule has 0 spiro atoms. The molecule has 3 aromatic rings. The first-order valence-corrected chi connectivity index (χ1v) is 12.4. The number of sulfonamides is 1. The summed E-state index contributed by atoms with van der Waals surface area (Å²) in [7, 11) is -3.36. The average molecular weight is 488 g/mol. The molecule has 0 aliphatic rings. The summed E-state index contributed by atoms with van der Waals surface area (Å²) >= 11 is 0. The lowest BCUT2D eigenvalue weighted by Gasteiger charge is -2.24. The fraction of sp³-hybridized carbons (Fsp3) is 0.364. The first kappa shape index (κ1) is 25.3. The normalized spacial score (nSPS) is 12.8. The van der Waals surface area contributed by atoms with Crippen LogP contribution in [-0.2, 0) is 32.7 Å². The number of tetrazole rings is 1. The number of aromatic nitrogens is 4. The highest BCUT2D eigenvalue weighted by molar-refractivity contribution is 7.92. The molecule has 0 unspecified atom stereocenters. The van der Waals surface area contributed by atoms with Crippen LogP contribution in [-0.4, -0.2) is 52.9 Å². The van der Waals surface area contributed by atoms with Gasteiger partial charge in [-0.3, -0.25) is 9.52 Å². The molecule has 182 valence electrons. The van der Waals surface area contributed by atoms with Crippen LogP contribution in [0, 0.1) is 0 Å². The summed E-state index contributed by atoms with van der Waals surface area (Å²) < 4.78 is 32.6. The quantitative estimate of drug-likeness (QED) is 0.365. The number of hydrogen-bond acceptors (Lipinski definition) is 8. The van der Waals surface area contributed by atoms with Crippen LogP contribution in [0.5, 0.6) is 0 Å². The van der Waals surface area contributed by atoms with Crippen molar-refractivity contribution in [3.63, 3.8) is 0 Å². The predicted octanol–water partition coefficient (Wildman–Crippen LogP) is 1.20. The summed E-state index contributed by atoms with van der Waals surface area (Å²) in [4.78, 5) is 12.6. The molecular weight excluding hydrogens is 458 g/mol. The molecule has 12 heteroatoms. The van der Waals surface area contributed by atoms with Gasteiger partial charge in [-0.25, -0.2) is 13.1 Å². The minimum atomic E-state index is -3.36. The highest BCUT2D eigenvalue weighted by Crippen LogP contribution is 2.16. The van der Waals surface area contributed by atoms with E-state index in [4.69, 9.17) is 10.5 Å². The van der Waals surface area contributed by atoms with Gasteiger partial charge in [-0.15, -0.1) is 5.10 Å². The number of benzene rings is 2. The molecule has 0 bridgehead atoms. The molecule has 1 amide bonds. The standard InChI is InChI=1S/C22H29N7O4S/c1-22(2,23)21(30)24-19(15-33-14-17-7-5-4-6-8-17)20-25-27-28-29(20)13-16-9-11-18(12-10-16)26-34(3,31)32/h4-12,19,26H,13-15,23H2,1-3H3,(H,24,30)/t19-/m1/s1. The molecule has 0 fully saturated rings. The van der Waals surface area contributed by atoms with Crippen LogP contribution in [0.4, 0.5) is 5.69 Å². The number of carbonyl (C=O) groups excluding carboxylic acids is 1. The van der Waals surface area contributed by atoms with Gasteiger partial charge in [-0.05, 0) is 47.5 Å². The van der Waals surface area contributed by atoms with E-state index < -0.39 is 21.6 Å². The highest BCUT2D eigenvalue weighted by Gasteiger charge is 2.28.